The second kappa shape index (κ2) is 7.82. The molecule has 0 saturated heterocycles. The molecule has 0 bridgehead atoms. The molecule has 1 N–H and O–H groups in total. The van der Waals surface area contributed by atoms with Crippen LogP contribution in [0.2, 0.25) is 5.02 Å². The minimum absolute atomic E-state index is 0.187. The van der Waals surface area contributed by atoms with E-state index in [1.54, 1.807) is 11.3 Å². The molecule has 8 heteroatoms. The summed E-state index contributed by atoms with van der Waals surface area (Å²) in [6, 6.07) is 5.77. The maximum atomic E-state index is 12.9. The van der Waals surface area contributed by atoms with Gasteiger partial charge in [0.25, 0.3) is 0 Å². The number of nitrogens with zero attached hydrogens (tertiary/aromatic N) is 1. The Bertz CT molecular complexity index is 726. The molecule has 0 unspecified atom stereocenters. The fraction of sp³-hybridized carbons (Fsp3) is 0.312. The number of benzene rings is 1. The Balaban J connectivity index is 2.13. The minimum Gasteiger partial charge on any atom is -0.371 e. The molecule has 2 rings (SSSR count). The first-order valence-corrected chi connectivity index (χ1v) is 8.70. The molecule has 1 heterocycles. The summed E-state index contributed by atoms with van der Waals surface area (Å²) in [6.07, 6.45) is -4.50. The summed E-state index contributed by atoms with van der Waals surface area (Å²) in [5.41, 5.74) is 0.470. The summed E-state index contributed by atoms with van der Waals surface area (Å²) in [5.74, 6) is 0. The predicted molar refractivity (Wildman–Crippen MR) is 96.7 cm³/mol. The van der Waals surface area contributed by atoms with Crippen molar-refractivity contribution in [1.29, 1.82) is 0 Å². The first-order valence-electron chi connectivity index (χ1n) is 7.04. The summed E-state index contributed by atoms with van der Waals surface area (Å²) in [4.78, 5) is 3.34. The smallest absolute Gasteiger partial charge is 0.371 e. The molecule has 0 atom stereocenters. The maximum Gasteiger partial charge on any atom is 0.417 e. The van der Waals surface area contributed by atoms with Gasteiger partial charge in [0.2, 0.25) is 0 Å². The van der Waals surface area contributed by atoms with Crippen LogP contribution in [0.25, 0.3) is 0 Å². The number of alkyl halides is 3. The lowest BCUT2D eigenvalue weighted by atomic mass is 10.1. The van der Waals surface area contributed by atoms with Crippen LogP contribution < -0.4 is 5.32 Å². The van der Waals surface area contributed by atoms with E-state index < -0.39 is 11.7 Å². The molecule has 0 aliphatic rings. The van der Waals surface area contributed by atoms with Crippen molar-refractivity contribution in [2.75, 3.05) is 14.1 Å². The summed E-state index contributed by atoms with van der Waals surface area (Å²) in [5, 5.41) is 4.62. The van der Waals surface area contributed by atoms with Crippen molar-refractivity contribution in [3.63, 3.8) is 0 Å². The highest BCUT2D eigenvalue weighted by molar-refractivity contribution is 7.80. The van der Waals surface area contributed by atoms with Crippen LogP contribution in [-0.4, -0.2) is 24.0 Å². The average molecular weight is 393 g/mol. The Kier molecular flexibility index (Phi) is 6.25. The largest absolute Gasteiger partial charge is 0.417 e. The molecule has 0 radical (unpaired) electrons. The van der Waals surface area contributed by atoms with Gasteiger partial charge in [-0.15, -0.1) is 11.3 Å². The van der Waals surface area contributed by atoms with Crippen molar-refractivity contribution in [3.8, 4) is 0 Å². The first kappa shape index (κ1) is 19.2. The molecule has 2 aromatic rings. The Morgan fingerprint density at radius 3 is 2.62 bits per heavy atom. The molecule has 24 heavy (non-hydrogen) atoms. The number of rotatable bonds is 5. The van der Waals surface area contributed by atoms with E-state index >= 15 is 0 Å². The van der Waals surface area contributed by atoms with Gasteiger partial charge in [0.1, 0.15) is 4.99 Å². The number of hydrogen-bond donors (Lipinski definition) is 1. The van der Waals surface area contributed by atoms with E-state index in [0.29, 0.717) is 6.54 Å². The quantitative estimate of drug-likeness (QED) is 0.725. The normalized spacial score (nSPS) is 11.8. The summed E-state index contributed by atoms with van der Waals surface area (Å²) >= 11 is 12.7. The van der Waals surface area contributed by atoms with E-state index in [1.807, 2.05) is 30.4 Å². The van der Waals surface area contributed by atoms with E-state index in [2.05, 4.69) is 5.32 Å². The zero-order valence-corrected chi connectivity index (χ0v) is 15.5. The van der Waals surface area contributed by atoms with Crippen LogP contribution >= 0.6 is 35.2 Å². The van der Waals surface area contributed by atoms with Crippen molar-refractivity contribution in [3.05, 3.63) is 56.2 Å². The highest BCUT2D eigenvalue weighted by Crippen LogP contribution is 2.36. The highest BCUT2D eigenvalue weighted by atomic mass is 35.5. The molecule has 130 valence electrons. The van der Waals surface area contributed by atoms with E-state index in [9.17, 15) is 13.2 Å². The minimum atomic E-state index is -4.50. The van der Waals surface area contributed by atoms with Crippen molar-refractivity contribution in [1.82, 2.24) is 10.2 Å². The number of nitrogens with one attached hydrogen (secondary N) is 1. The monoisotopic (exact) mass is 392 g/mol. The SMILES string of the molecule is CN(C)Cc1ccsc1CNC(=S)c1cccc(C(F)(F)F)c1Cl. The van der Waals surface area contributed by atoms with E-state index in [4.69, 9.17) is 23.8 Å². The second-order valence-electron chi connectivity index (χ2n) is 5.45. The zero-order chi connectivity index (χ0) is 17.9. The van der Waals surface area contributed by atoms with Crippen molar-refractivity contribution in [2.24, 2.45) is 0 Å². The van der Waals surface area contributed by atoms with Crippen molar-refractivity contribution < 1.29 is 13.2 Å². The summed E-state index contributed by atoms with van der Waals surface area (Å²) < 4.78 is 38.8. The van der Waals surface area contributed by atoms with Crippen LogP contribution in [0, 0.1) is 0 Å². The molecular formula is C16H16ClF3N2S2. The van der Waals surface area contributed by atoms with Gasteiger partial charge in [0.05, 0.1) is 17.1 Å². The highest BCUT2D eigenvalue weighted by Gasteiger charge is 2.34. The van der Waals surface area contributed by atoms with Gasteiger partial charge < -0.3 is 10.2 Å². The third kappa shape index (κ3) is 4.69. The van der Waals surface area contributed by atoms with E-state index in [0.717, 1.165) is 23.1 Å². The van der Waals surface area contributed by atoms with Crippen molar-refractivity contribution in [2.45, 2.75) is 19.3 Å². The molecule has 0 saturated carbocycles. The van der Waals surface area contributed by atoms with Crippen LogP contribution in [0.1, 0.15) is 21.6 Å². The van der Waals surface area contributed by atoms with Crippen molar-refractivity contribution >= 4 is 40.1 Å². The Morgan fingerprint density at radius 2 is 2.00 bits per heavy atom. The molecule has 2 nitrogen and oxygen atoms in total. The van der Waals surface area contributed by atoms with Gasteiger partial charge >= 0.3 is 6.18 Å². The van der Waals surface area contributed by atoms with Gasteiger partial charge in [0, 0.05) is 17.0 Å². The van der Waals surface area contributed by atoms with Crippen LogP contribution in [-0.2, 0) is 19.3 Å². The fourth-order valence-electron chi connectivity index (χ4n) is 2.19. The molecule has 1 aromatic heterocycles. The van der Waals surface area contributed by atoms with E-state index in [-0.39, 0.29) is 15.6 Å². The molecule has 0 amide bonds. The molecule has 1 aromatic carbocycles. The van der Waals surface area contributed by atoms with Gasteiger partial charge in [-0.25, -0.2) is 0 Å². The van der Waals surface area contributed by atoms with Crippen LogP contribution in [0.5, 0.6) is 0 Å². The molecule has 0 aliphatic heterocycles. The lowest BCUT2D eigenvalue weighted by Crippen LogP contribution is -2.23. The van der Waals surface area contributed by atoms with Gasteiger partial charge in [-0.3, -0.25) is 0 Å². The Morgan fingerprint density at radius 1 is 1.29 bits per heavy atom. The Labute approximate surface area is 153 Å². The average Bonchev–Trinajstić information content (AvgIpc) is 2.90. The van der Waals surface area contributed by atoms with Gasteiger partial charge in [-0.05, 0) is 37.2 Å². The van der Waals surface area contributed by atoms with Gasteiger partial charge in [-0.1, -0.05) is 36.0 Å². The standard InChI is InChI=1S/C16H16ClF3N2S2/c1-22(2)9-10-6-7-24-13(10)8-21-15(23)11-4-3-5-12(14(11)17)16(18,19)20/h3-7H,8-9H2,1-2H3,(H,21,23). The molecular weight excluding hydrogens is 377 g/mol. The molecule has 0 aliphatic carbocycles. The Hall–Kier alpha value is -1.15. The topological polar surface area (TPSA) is 15.3 Å². The predicted octanol–water partition coefficient (Wildman–Crippen LogP) is 4.95. The number of halogens is 4. The molecule has 0 spiro atoms. The molecule has 0 fully saturated rings. The van der Waals surface area contributed by atoms with E-state index in [1.165, 1.54) is 12.1 Å². The summed E-state index contributed by atoms with van der Waals surface area (Å²) in [7, 11) is 3.95. The lowest BCUT2D eigenvalue weighted by molar-refractivity contribution is -0.137. The maximum absolute atomic E-state index is 12.9. The van der Waals surface area contributed by atoms with Crippen LogP contribution in [0.3, 0.4) is 0 Å². The van der Waals surface area contributed by atoms with Crippen LogP contribution in [0.15, 0.2) is 29.6 Å². The third-order valence-corrected chi connectivity index (χ3v) is 5.02. The van der Waals surface area contributed by atoms with Gasteiger partial charge in [-0.2, -0.15) is 13.2 Å². The van der Waals surface area contributed by atoms with Gasteiger partial charge in [0.15, 0.2) is 0 Å². The first-order chi connectivity index (χ1) is 11.2. The second-order valence-corrected chi connectivity index (χ2v) is 7.24. The lowest BCUT2D eigenvalue weighted by Gasteiger charge is -2.15. The fourth-order valence-corrected chi connectivity index (χ4v) is 3.65. The number of hydrogen-bond acceptors (Lipinski definition) is 3. The number of thiophene rings is 1. The van der Waals surface area contributed by atoms with Crippen LogP contribution in [0.4, 0.5) is 13.2 Å². The number of thiocarbonyl (C=S) groups is 1. The third-order valence-electron chi connectivity index (χ3n) is 3.28. The zero-order valence-electron chi connectivity index (χ0n) is 13.1. The summed E-state index contributed by atoms with van der Waals surface area (Å²) in [6.45, 7) is 1.24.